The summed E-state index contributed by atoms with van der Waals surface area (Å²) in [6, 6.07) is 0. The van der Waals surface area contributed by atoms with E-state index >= 15 is 0 Å². The van der Waals surface area contributed by atoms with Gasteiger partial charge < -0.3 is 4.74 Å². The highest BCUT2D eigenvalue weighted by molar-refractivity contribution is 14.1. The lowest BCUT2D eigenvalue weighted by Crippen LogP contribution is -2.10. The Morgan fingerprint density at radius 2 is 2.00 bits per heavy atom. The molecule has 0 spiro atoms. The SMILES string of the molecule is CCCCC#CCCCC(=O)C1=C(I)COC1=O. The van der Waals surface area contributed by atoms with Crippen LogP contribution in [0.15, 0.2) is 9.15 Å². The summed E-state index contributed by atoms with van der Waals surface area (Å²) in [5.41, 5.74) is 0.245. The molecule has 0 bridgehead atoms. The van der Waals surface area contributed by atoms with Crippen LogP contribution in [0.1, 0.15) is 45.4 Å². The van der Waals surface area contributed by atoms with Gasteiger partial charge in [-0.2, -0.15) is 0 Å². The second kappa shape index (κ2) is 8.30. The van der Waals surface area contributed by atoms with E-state index in [4.69, 9.17) is 4.74 Å². The molecule has 3 nitrogen and oxygen atoms in total. The molecule has 0 saturated heterocycles. The van der Waals surface area contributed by atoms with Crippen LogP contribution in [0.3, 0.4) is 0 Å². The van der Waals surface area contributed by atoms with Crippen LogP contribution in [0.25, 0.3) is 0 Å². The number of halogens is 1. The van der Waals surface area contributed by atoms with E-state index in [2.05, 4.69) is 18.8 Å². The third-order valence-corrected chi connectivity index (χ3v) is 3.42. The summed E-state index contributed by atoms with van der Waals surface area (Å²) < 4.78 is 5.52. The Bertz CT molecular complexity index is 412. The Hall–Kier alpha value is -0.830. The quantitative estimate of drug-likeness (QED) is 0.240. The summed E-state index contributed by atoms with van der Waals surface area (Å²) in [5, 5.41) is 0. The second-order valence-electron chi connectivity index (χ2n) is 4.09. The summed E-state index contributed by atoms with van der Waals surface area (Å²) in [7, 11) is 0. The highest BCUT2D eigenvalue weighted by Gasteiger charge is 2.28. The lowest BCUT2D eigenvalue weighted by molar-refractivity contribution is -0.137. The molecule has 1 aliphatic heterocycles. The minimum absolute atomic E-state index is 0.114. The van der Waals surface area contributed by atoms with Crippen LogP contribution < -0.4 is 0 Å². The Balaban J connectivity index is 2.27. The number of Topliss-reactive ketones (excluding diaryl/α,β-unsaturated/α-hetero) is 1. The van der Waals surface area contributed by atoms with E-state index in [0.29, 0.717) is 19.3 Å². The van der Waals surface area contributed by atoms with Gasteiger partial charge in [-0.05, 0) is 35.4 Å². The zero-order valence-electron chi connectivity index (χ0n) is 10.6. The lowest BCUT2D eigenvalue weighted by atomic mass is 10.1. The van der Waals surface area contributed by atoms with Gasteiger partial charge in [-0.3, -0.25) is 4.79 Å². The molecule has 1 aliphatic rings. The fraction of sp³-hybridized carbons (Fsp3) is 0.571. The Morgan fingerprint density at radius 1 is 1.33 bits per heavy atom. The average molecular weight is 360 g/mol. The normalized spacial score (nSPS) is 14.2. The molecule has 1 heterocycles. The fourth-order valence-corrected chi connectivity index (χ4v) is 2.23. The number of hydrogen-bond donors (Lipinski definition) is 0. The van der Waals surface area contributed by atoms with Gasteiger partial charge in [0.1, 0.15) is 12.2 Å². The molecule has 0 aromatic heterocycles. The molecule has 0 unspecified atom stereocenters. The Labute approximate surface area is 121 Å². The maximum Gasteiger partial charge on any atom is 0.343 e. The molecule has 0 amide bonds. The summed E-state index contributed by atoms with van der Waals surface area (Å²) in [4.78, 5) is 23.1. The topological polar surface area (TPSA) is 43.4 Å². The van der Waals surface area contributed by atoms with Crippen LogP contribution in [0.4, 0.5) is 0 Å². The summed E-state index contributed by atoms with van der Waals surface area (Å²) >= 11 is 1.99. The minimum Gasteiger partial charge on any atom is -0.457 e. The first-order valence-corrected chi connectivity index (χ1v) is 7.29. The minimum atomic E-state index is -0.474. The van der Waals surface area contributed by atoms with Crippen LogP contribution in [0, 0.1) is 11.8 Å². The van der Waals surface area contributed by atoms with Gasteiger partial charge in [0.15, 0.2) is 5.78 Å². The third-order valence-electron chi connectivity index (χ3n) is 2.57. The van der Waals surface area contributed by atoms with Crippen molar-refractivity contribution in [2.75, 3.05) is 6.61 Å². The van der Waals surface area contributed by atoms with Gasteiger partial charge in [0.25, 0.3) is 0 Å². The highest BCUT2D eigenvalue weighted by atomic mass is 127. The number of esters is 1. The molecule has 18 heavy (non-hydrogen) atoms. The second-order valence-corrected chi connectivity index (χ2v) is 5.39. The molecule has 0 aromatic rings. The van der Waals surface area contributed by atoms with Crippen molar-refractivity contribution in [3.63, 3.8) is 0 Å². The van der Waals surface area contributed by atoms with E-state index < -0.39 is 5.97 Å². The van der Waals surface area contributed by atoms with Gasteiger partial charge in [-0.15, -0.1) is 11.8 Å². The zero-order valence-corrected chi connectivity index (χ0v) is 12.7. The summed E-state index contributed by atoms with van der Waals surface area (Å²) in [5.74, 6) is 5.55. The van der Waals surface area contributed by atoms with Crippen molar-refractivity contribution in [2.45, 2.75) is 45.4 Å². The van der Waals surface area contributed by atoms with Crippen LogP contribution in [0.2, 0.25) is 0 Å². The number of carbonyl (C=O) groups is 2. The molecule has 0 N–H and O–H groups in total. The number of ketones is 1. The van der Waals surface area contributed by atoms with Gasteiger partial charge >= 0.3 is 5.97 Å². The van der Waals surface area contributed by atoms with Crippen molar-refractivity contribution < 1.29 is 14.3 Å². The fourth-order valence-electron chi connectivity index (χ4n) is 1.55. The van der Waals surface area contributed by atoms with Crippen LogP contribution >= 0.6 is 22.6 Å². The molecule has 1 rings (SSSR count). The predicted molar refractivity (Wildman–Crippen MR) is 78.2 cm³/mol. The van der Waals surface area contributed by atoms with Gasteiger partial charge in [0.05, 0.1) is 0 Å². The maximum absolute atomic E-state index is 11.8. The molecule has 0 radical (unpaired) electrons. The Morgan fingerprint density at radius 3 is 2.56 bits per heavy atom. The third kappa shape index (κ3) is 4.81. The first-order chi connectivity index (χ1) is 8.66. The van der Waals surface area contributed by atoms with E-state index in [9.17, 15) is 9.59 Å². The molecule has 0 aliphatic carbocycles. The molecule has 0 aromatic carbocycles. The van der Waals surface area contributed by atoms with Gasteiger partial charge in [-0.1, -0.05) is 13.3 Å². The van der Waals surface area contributed by atoms with Crippen LogP contribution in [-0.4, -0.2) is 18.4 Å². The van der Waals surface area contributed by atoms with Gasteiger partial charge in [0.2, 0.25) is 0 Å². The first kappa shape index (κ1) is 15.2. The van der Waals surface area contributed by atoms with Crippen molar-refractivity contribution in [1.82, 2.24) is 0 Å². The van der Waals surface area contributed by atoms with E-state index in [-0.39, 0.29) is 18.0 Å². The van der Waals surface area contributed by atoms with Crippen LogP contribution in [-0.2, 0) is 14.3 Å². The number of hydrogen-bond acceptors (Lipinski definition) is 3. The molecule has 98 valence electrons. The van der Waals surface area contributed by atoms with E-state index in [1.807, 2.05) is 22.6 Å². The average Bonchev–Trinajstić information content (AvgIpc) is 2.68. The first-order valence-electron chi connectivity index (χ1n) is 6.21. The summed E-state index contributed by atoms with van der Waals surface area (Å²) in [6.07, 6.45) is 5.01. The molecular weight excluding hydrogens is 343 g/mol. The van der Waals surface area contributed by atoms with E-state index in [0.717, 1.165) is 22.8 Å². The number of rotatable bonds is 6. The number of unbranched alkanes of at least 4 members (excludes halogenated alkanes) is 3. The van der Waals surface area contributed by atoms with Crippen molar-refractivity contribution >= 4 is 34.3 Å². The van der Waals surface area contributed by atoms with Crippen molar-refractivity contribution in [1.29, 1.82) is 0 Å². The van der Waals surface area contributed by atoms with Crippen LogP contribution in [0.5, 0.6) is 0 Å². The molecule has 0 fully saturated rings. The molecule has 0 saturated carbocycles. The molecule has 4 heteroatoms. The van der Waals surface area contributed by atoms with Crippen molar-refractivity contribution in [3.05, 3.63) is 9.15 Å². The Kier molecular flexibility index (Phi) is 7.02. The van der Waals surface area contributed by atoms with Crippen molar-refractivity contribution in [2.24, 2.45) is 0 Å². The van der Waals surface area contributed by atoms with Crippen molar-refractivity contribution in [3.8, 4) is 11.8 Å². The van der Waals surface area contributed by atoms with E-state index in [1.165, 1.54) is 0 Å². The number of cyclic esters (lactones) is 1. The maximum atomic E-state index is 11.8. The molecule has 0 atom stereocenters. The standard InChI is InChI=1S/C14H17IO3/c1-2-3-4-5-6-7-8-9-12(16)13-11(15)10-18-14(13)17/h2-4,7-10H2,1H3. The lowest BCUT2D eigenvalue weighted by Gasteiger charge is -1.97. The molecular formula is C14H17IO3. The van der Waals surface area contributed by atoms with E-state index in [1.54, 1.807) is 0 Å². The zero-order chi connectivity index (χ0) is 13.4. The number of ether oxygens (including phenoxy) is 1. The van der Waals surface area contributed by atoms with Gasteiger partial charge in [-0.25, -0.2) is 4.79 Å². The monoisotopic (exact) mass is 360 g/mol. The number of carbonyl (C=O) groups excluding carboxylic acids is 2. The summed E-state index contributed by atoms with van der Waals surface area (Å²) in [6.45, 7) is 2.38. The highest BCUT2D eigenvalue weighted by Crippen LogP contribution is 2.23. The smallest absolute Gasteiger partial charge is 0.343 e. The predicted octanol–water partition coefficient (Wildman–Crippen LogP) is 3.17. The van der Waals surface area contributed by atoms with Gasteiger partial charge in [0, 0.05) is 22.8 Å². The largest absolute Gasteiger partial charge is 0.457 e.